The number of anilines is 1. The van der Waals surface area contributed by atoms with Crippen molar-refractivity contribution in [3.05, 3.63) is 45.0 Å². The minimum atomic E-state index is -1.33. The maximum Gasteiger partial charge on any atom is 0.341 e. The number of hydrogen-bond acceptors (Lipinski definition) is 5. The zero-order chi connectivity index (χ0) is 20.9. The van der Waals surface area contributed by atoms with Gasteiger partial charge in [-0.1, -0.05) is 11.1 Å². The van der Waals surface area contributed by atoms with Gasteiger partial charge in [-0.2, -0.15) is 0 Å². The number of hydrogen-bond donors (Lipinski definition) is 2. The largest absolute Gasteiger partial charge is 0.487 e. The summed E-state index contributed by atoms with van der Waals surface area (Å²) in [5.41, 5.74) is 7.77. The number of nitrogens with two attached hydrogens (primary N) is 1. The van der Waals surface area contributed by atoms with Crippen LogP contribution in [0.4, 0.5) is 10.1 Å². The molecule has 1 fully saturated rings. The van der Waals surface area contributed by atoms with E-state index in [1.54, 1.807) is 4.57 Å². The molecule has 8 heteroatoms. The zero-order valence-electron chi connectivity index (χ0n) is 16.5. The summed E-state index contributed by atoms with van der Waals surface area (Å²) >= 11 is 0. The molecule has 1 atom stereocenters. The Hall–Kier alpha value is -2.87. The highest BCUT2D eigenvalue weighted by atomic mass is 19.1. The number of benzene rings is 1. The molecule has 0 amide bonds. The Kier molecular flexibility index (Phi) is 4.82. The van der Waals surface area contributed by atoms with E-state index in [1.165, 1.54) is 11.8 Å². The quantitative estimate of drug-likeness (QED) is 0.768. The van der Waals surface area contributed by atoms with Gasteiger partial charge in [0.05, 0.1) is 16.9 Å². The maximum atomic E-state index is 15.3. The topological polar surface area (TPSA) is 97.8 Å². The number of carbonyl (C=O) groups is 1. The van der Waals surface area contributed by atoms with Crippen molar-refractivity contribution in [3.63, 3.8) is 0 Å². The summed E-state index contributed by atoms with van der Waals surface area (Å²) in [6.45, 7) is 5.79. The van der Waals surface area contributed by atoms with Crippen molar-refractivity contribution in [2.75, 3.05) is 31.1 Å². The van der Waals surface area contributed by atoms with Crippen LogP contribution in [-0.4, -0.2) is 41.9 Å². The summed E-state index contributed by atoms with van der Waals surface area (Å²) in [4.78, 5) is 26.1. The van der Waals surface area contributed by atoms with Crippen LogP contribution in [0.15, 0.2) is 28.2 Å². The van der Waals surface area contributed by atoms with Gasteiger partial charge >= 0.3 is 5.97 Å². The Morgan fingerprint density at radius 1 is 1.45 bits per heavy atom. The minimum Gasteiger partial charge on any atom is -0.487 e. The van der Waals surface area contributed by atoms with Crippen molar-refractivity contribution < 1.29 is 19.0 Å². The summed E-state index contributed by atoms with van der Waals surface area (Å²) in [6, 6.07) is 0.965. The molecule has 1 aromatic carbocycles. The van der Waals surface area contributed by atoms with Gasteiger partial charge in [0.15, 0.2) is 11.6 Å². The number of rotatable bonds is 3. The van der Waals surface area contributed by atoms with Gasteiger partial charge in [0, 0.05) is 25.8 Å². The number of aromatic nitrogens is 1. The molecule has 0 aliphatic carbocycles. The van der Waals surface area contributed by atoms with Gasteiger partial charge < -0.3 is 25.0 Å². The van der Waals surface area contributed by atoms with Gasteiger partial charge in [-0.15, -0.1) is 0 Å². The fraction of sp³-hybridized carbons (Fsp3) is 0.429. The molecule has 0 spiro atoms. The van der Waals surface area contributed by atoms with E-state index in [0.29, 0.717) is 36.6 Å². The number of carboxylic acid groups (broad SMARTS) is 1. The van der Waals surface area contributed by atoms with Crippen molar-refractivity contribution in [2.45, 2.75) is 32.7 Å². The number of halogens is 1. The summed E-state index contributed by atoms with van der Waals surface area (Å²) in [7, 11) is 0. The molecule has 0 unspecified atom stereocenters. The van der Waals surface area contributed by atoms with Gasteiger partial charge in [-0.3, -0.25) is 4.79 Å². The fourth-order valence-corrected chi connectivity index (χ4v) is 4.21. The highest BCUT2D eigenvalue weighted by Gasteiger charge is 2.31. The van der Waals surface area contributed by atoms with Gasteiger partial charge in [0.25, 0.3) is 0 Å². The normalized spacial score (nSPS) is 20.6. The third kappa shape index (κ3) is 3.07. The minimum absolute atomic E-state index is 0.0265. The summed E-state index contributed by atoms with van der Waals surface area (Å²) in [5.74, 6) is -1.60. The highest BCUT2D eigenvalue weighted by Crippen LogP contribution is 2.43. The van der Waals surface area contributed by atoms with Gasteiger partial charge in [0.2, 0.25) is 5.43 Å². The van der Waals surface area contributed by atoms with E-state index >= 15 is 4.39 Å². The Labute approximate surface area is 167 Å². The van der Waals surface area contributed by atoms with Crippen LogP contribution in [0, 0.1) is 5.82 Å². The molecule has 7 nitrogen and oxygen atoms in total. The Balaban J connectivity index is 1.97. The molecule has 2 aliphatic rings. The van der Waals surface area contributed by atoms with Crippen molar-refractivity contribution >= 4 is 22.6 Å². The third-order valence-corrected chi connectivity index (χ3v) is 5.89. The molecule has 0 bridgehead atoms. The van der Waals surface area contributed by atoms with Crippen LogP contribution in [-0.2, 0) is 0 Å². The summed E-state index contributed by atoms with van der Waals surface area (Å²) in [5, 5.41) is 9.42. The highest BCUT2D eigenvalue weighted by molar-refractivity contribution is 5.97. The molecule has 0 saturated carbocycles. The van der Waals surface area contributed by atoms with Crippen LogP contribution in [0.1, 0.15) is 43.1 Å². The smallest absolute Gasteiger partial charge is 0.341 e. The van der Waals surface area contributed by atoms with Gasteiger partial charge in [-0.25, -0.2) is 9.18 Å². The molecule has 1 saturated heterocycles. The second-order valence-electron chi connectivity index (χ2n) is 7.79. The number of piperidine rings is 1. The molecule has 154 valence electrons. The standard InChI is InChI=1S/C21H24FN3O4/c1-11(7-23)13-4-3-5-24(8-13)18-16(22)6-14-17-20(18)29-10-12(2)25(17)9-15(19(14)26)21(27)28/h6,9,12H,3-5,7-8,10,23H2,1-2H3,(H,27,28)/b13-11-/t12-/m0/s1. The molecule has 4 rings (SSSR count). The number of carboxylic acids is 1. The Morgan fingerprint density at radius 3 is 2.90 bits per heavy atom. The van der Waals surface area contributed by atoms with Crippen LogP contribution in [0.5, 0.6) is 5.75 Å². The Morgan fingerprint density at radius 2 is 2.21 bits per heavy atom. The van der Waals surface area contributed by atoms with Crippen LogP contribution in [0.3, 0.4) is 0 Å². The van der Waals surface area contributed by atoms with Crippen molar-refractivity contribution in [1.29, 1.82) is 0 Å². The first kappa shape index (κ1) is 19.4. The molecular formula is C21H24FN3O4. The number of aromatic carboxylic acids is 1. The molecule has 29 heavy (non-hydrogen) atoms. The van der Waals surface area contributed by atoms with Crippen molar-refractivity contribution in [3.8, 4) is 5.75 Å². The van der Waals surface area contributed by atoms with E-state index in [9.17, 15) is 14.7 Å². The SMILES string of the molecule is C/C(CN)=C1\CCCN(c2c(F)cc3c(=O)c(C(=O)O)cn4c3c2OC[C@@H]4C)C1. The van der Waals surface area contributed by atoms with Crippen LogP contribution < -0.4 is 20.8 Å². The number of pyridine rings is 1. The lowest BCUT2D eigenvalue weighted by atomic mass is 9.98. The molecular weight excluding hydrogens is 377 g/mol. The molecule has 3 N–H and O–H groups in total. The van der Waals surface area contributed by atoms with Gasteiger partial charge in [-0.05, 0) is 32.8 Å². The van der Waals surface area contributed by atoms with Crippen LogP contribution in [0.2, 0.25) is 0 Å². The zero-order valence-corrected chi connectivity index (χ0v) is 16.5. The summed E-state index contributed by atoms with van der Waals surface area (Å²) < 4.78 is 22.9. The summed E-state index contributed by atoms with van der Waals surface area (Å²) in [6.07, 6.45) is 3.13. The van der Waals surface area contributed by atoms with E-state index in [2.05, 4.69) is 0 Å². The average molecular weight is 401 g/mol. The first-order valence-corrected chi connectivity index (χ1v) is 9.73. The molecule has 2 aromatic rings. The average Bonchev–Trinajstić information content (AvgIpc) is 2.71. The third-order valence-electron chi connectivity index (χ3n) is 5.89. The molecule has 2 aliphatic heterocycles. The first-order valence-electron chi connectivity index (χ1n) is 9.73. The van der Waals surface area contributed by atoms with E-state index < -0.39 is 17.2 Å². The second kappa shape index (κ2) is 7.18. The lowest BCUT2D eigenvalue weighted by Crippen LogP contribution is -2.34. The van der Waals surface area contributed by atoms with Crippen LogP contribution in [0.25, 0.3) is 10.9 Å². The number of nitrogens with zero attached hydrogens (tertiary/aromatic N) is 2. The van der Waals surface area contributed by atoms with Gasteiger partial charge in [0.1, 0.15) is 17.9 Å². The predicted molar refractivity (Wildman–Crippen MR) is 109 cm³/mol. The molecule has 3 heterocycles. The van der Waals surface area contributed by atoms with Crippen LogP contribution >= 0.6 is 0 Å². The lowest BCUT2D eigenvalue weighted by Gasteiger charge is -2.35. The van der Waals surface area contributed by atoms with Crippen molar-refractivity contribution in [2.24, 2.45) is 5.73 Å². The number of ether oxygens (including phenoxy) is 1. The lowest BCUT2D eigenvalue weighted by molar-refractivity contribution is 0.0694. The first-order chi connectivity index (χ1) is 13.8. The van der Waals surface area contributed by atoms with E-state index in [-0.39, 0.29) is 23.6 Å². The van der Waals surface area contributed by atoms with E-state index in [0.717, 1.165) is 24.5 Å². The van der Waals surface area contributed by atoms with Crippen molar-refractivity contribution in [1.82, 2.24) is 4.57 Å². The maximum absolute atomic E-state index is 15.3. The van der Waals surface area contributed by atoms with E-state index in [4.69, 9.17) is 10.5 Å². The van der Waals surface area contributed by atoms with E-state index in [1.807, 2.05) is 18.7 Å². The fourth-order valence-electron chi connectivity index (χ4n) is 4.21. The Bertz CT molecular complexity index is 1110. The molecule has 0 radical (unpaired) electrons. The monoisotopic (exact) mass is 401 g/mol. The second-order valence-corrected chi connectivity index (χ2v) is 7.79. The predicted octanol–water partition coefficient (Wildman–Crippen LogP) is 2.67. The molecule has 1 aromatic heterocycles.